The number of H-pyrrole nitrogens is 1. The molecule has 1 heterocycles. The van der Waals surface area contributed by atoms with Crippen molar-refractivity contribution in [2.24, 2.45) is 0 Å². The zero-order chi connectivity index (χ0) is 22.5. The number of benzene rings is 2. The number of nitrogens with two attached hydrogens (primary N) is 1. The molecule has 1 aromatic heterocycles. The van der Waals surface area contributed by atoms with Gasteiger partial charge >= 0.3 is 5.69 Å². The maximum Gasteiger partial charge on any atom is 0.330 e. The number of anilines is 2. The minimum Gasteiger partial charge on any atom is -0.383 e. The van der Waals surface area contributed by atoms with Gasteiger partial charge < -0.3 is 10.5 Å². The van der Waals surface area contributed by atoms with E-state index in [1.165, 1.54) is 19.2 Å². The number of ether oxygens (including phenoxy) is 1. The lowest BCUT2D eigenvalue weighted by atomic mass is 10.1. The third-order valence-electron chi connectivity index (χ3n) is 4.59. The fourth-order valence-corrected chi connectivity index (χ4v) is 3.23. The van der Waals surface area contributed by atoms with Crippen LogP contribution in [0.15, 0.2) is 58.1 Å². The molecule has 10 heteroatoms. The summed E-state index contributed by atoms with van der Waals surface area (Å²) in [7, 11) is 1.41. The average Bonchev–Trinajstić information content (AvgIpc) is 2.73. The number of amides is 1. The van der Waals surface area contributed by atoms with Crippen LogP contribution in [0.4, 0.5) is 15.9 Å². The van der Waals surface area contributed by atoms with Gasteiger partial charge in [0.2, 0.25) is 0 Å². The van der Waals surface area contributed by atoms with Crippen molar-refractivity contribution in [2.45, 2.75) is 6.54 Å². The number of carbonyl (C=O) groups is 1. The molecule has 3 N–H and O–H groups in total. The Labute approximate surface area is 181 Å². The van der Waals surface area contributed by atoms with E-state index in [0.29, 0.717) is 0 Å². The van der Waals surface area contributed by atoms with Crippen molar-refractivity contribution in [1.29, 1.82) is 0 Å². The fourth-order valence-electron chi connectivity index (χ4n) is 3.07. The first-order chi connectivity index (χ1) is 14.8. The number of aromatic nitrogens is 2. The number of carbonyl (C=O) groups excluding carboxylic acids is 1. The van der Waals surface area contributed by atoms with Crippen molar-refractivity contribution in [3.8, 4) is 0 Å². The van der Waals surface area contributed by atoms with Gasteiger partial charge in [-0.3, -0.25) is 24.0 Å². The molecule has 3 rings (SSSR count). The van der Waals surface area contributed by atoms with E-state index in [1.807, 2.05) is 6.07 Å². The highest BCUT2D eigenvalue weighted by molar-refractivity contribution is 6.30. The van der Waals surface area contributed by atoms with Crippen LogP contribution in [-0.4, -0.2) is 35.7 Å². The molecule has 162 valence electrons. The largest absolute Gasteiger partial charge is 0.383 e. The number of methoxy groups -OCH3 is 1. The first-order valence-electron chi connectivity index (χ1n) is 9.26. The van der Waals surface area contributed by atoms with Crippen LogP contribution in [-0.2, 0) is 11.3 Å². The van der Waals surface area contributed by atoms with E-state index in [9.17, 15) is 18.8 Å². The van der Waals surface area contributed by atoms with Crippen molar-refractivity contribution in [3.63, 3.8) is 0 Å². The Bertz CT molecular complexity index is 1210. The van der Waals surface area contributed by atoms with Gasteiger partial charge in [0.1, 0.15) is 11.6 Å². The third kappa shape index (κ3) is 4.84. The Hall–Kier alpha value is -3.43. The number of nitrogens with zero attached hydrogens (tertiary/aromatic N) is 2. The topological polar surface area (TPSA) is 110 Å². The number of nitrogens with one attached hydrogen (secondary N) is 1. The fraction of sp³-hybridized carbons (Fsp3) is 0.190. The van der Waals surface area contributed by atoms with Gasteiger partial charge in [0, 0.05) is 18.7 Å². The predicted molar refractivity (Wildman–Crippen MR) is 116 cm³/mol. The molecular weight excluding hydrogens is 427 g/mol. The van der Waals surface area contributed by atoms with Crippen molar-refractivity contribution < 1.29 is 13.9 Å². The Morgan fingerprint density at radius 1 is 1.23 bits per heavy atom. The van der Waals surface area contributed by atoms with Crippen LogP contribution in [0.2, 0.25) is 5.02 Å². The second kappa shape index (κ2) is 9.59. The van der Waals surface area contributed by atoms with E-state index in [-0.39, 0.29) is 41.8 Å². The first-order valence-corrected chi connectivity index (χ1v) is 9.63. The van der Waals surface area contributed by atoms with Gasteiger partial charge in [0.25, 0.3) is 11.5 Å². The summed E-state index contributed by atoms with van der Waals surface area (Å²) in [6.45, 7) is 0.00274. The van der Waals surface area contributed by atoms with Crippen LogP contribution in [0.3, 0.4) is 0 Å². The molecule has 0 saturated carbocycles. The van der Waals surface area contributed by atoms with E-state index < -0.39 is 23.0 Å². The van der Waals surface area contributed by atoms with E-state index in [1.54, 1.807) is 24.3 Å². The second-order valence-corrected chi connectivity index (χ2v) is 7.08. The molecule has 31 heavy (non-hydrogen) atoms. The SMILES string of the molecule is COCCN(C(=O)c1ccc(Cl)cc1F)c1c(N)n(Cc2ccccc2)c(=O)[nH]c1=O. The minimum atomic E-state index is -0.870. The number of hydrogen-bond acceptors (Lipinski definition) is 5. The molecule has 0 atom stereocenters. The van der Waals surface area contributed by atoms with Gasteiger partial charge in [-0.15, -0.1) is 0 Å². The summed E-state index contributed by atoms with van der Waals surface area (Å²) in [6, 6.07) is 12.5. The normalized spacial score (nSPS) is 10.8. The Morgan fingerprint density at radius 3 is 2.58 bits per heavy atom. The maximum absolute atomic E-state index is 14.4. The van der Waals surface area contributed by atoms with Gasteiger partial charge in [-0.05, 0) is 23.8 Å². The Balaban J connectivity index is 2.12. The lowest BCUT2D eigenvalue weighted by Crippen LogP contribution is -2.42. The quantitative estimate of drug-likeness (QED) is 0.578. The van der Waals surface area contributed by atoms with Crippen molar-refractivity contribution in [1.82, 2.24) is 9.55 Å². The van der Waals surface area contributed by atoms with Crippen molar-refractivity contribution in [2.75, 3.05) is 30.9 Å². The molecule has 0 bridgehead atoms. The number of nitrogen functional groups attached to an aromatic ring is 1. The molecule has 3 aromatic rings. The maximum atomic E-state index is 14.4. The average molecular weight is 447 g/mol. The van der Waals surface area contributed by atoms with E-state index in [0.717, 1.165) is 21.1 Å². The van der Waals surface area contributed by atoms with Crippen molar-refractivity contribution in [3.05, 3.63) is 91.3 Å². The van der Waals surface area contributed by atoms with Gasteiger partial charge in [-0.2, -0.15) is 0 Å². The van der Waals surface area contributed by atoms with Crippen LogP contribution in [0.25, 0.3) is 0 Å². The van der Waals surface area contributed by atoms with Crippen LogP contribution in [0.5, 0.6) is 0 Å². The highest BCUT2D eigenvalue weighted by atomic mass is 35.5. The first kappa shape index (κ1) is 22.3. The number of halogens is 2. The molecule has 8 nitrogen and oxygen atoms in total. The molecule has 0 unspecified atom stereocenters. The molecule has 0 aliphatic rings. The highest BCUT2D eigenvalue weighted by Gasteiger charge is 2.27. The summed E-state index contributed by atoms with van der Waals surface area (Å²) in [4.78, 5) is 41.4. The van der Waals surface area contributed by atoms with Crippen LogP contribution in [0, 0.1) is 5.82 Å². The lowest BCUT2D eigenvalue weighted by molar-refractivity contribution is 0.0971. The standard InChI is InChI=1S/C21H20ClFN4O4/c1-31-10-9-26(20(29)15-8-7-14(22)11-16(15)23)17-18(24)27(21(30)25-19(17)28)12-13-5-3-2-4-6-13/h2-8,11H,9-10,12,24H2,1H3,(H,25,28,30). The molecular formula is C21H20ClFN4O4. The molecule has 2 aromatic carbocycles. The molecule has 0 aliphatic heterocycles. The third-order valence-corrected chi connectivity index (χ3v) is 4.83. The van der Waals surface area contributed by atoms with Gasteiger partial charge in [-0.25, -0.2) is 9.18 Å². The highest BCUT2D eigenvalue weighted by Crippen LogP contribution is 2.22. The van der Waals surface area contributed by atoms with E-state index in [4.69, 9.17) is 22.1 Å². The second-order valence-electron chi connectivity index (χ2n) is 6.64. The molecule has 0 aliphatic carbocycles. The van der Waals surface area contributed by atoms with Crippen LogP contribution in [0.1, 0.15) is 15.9 Å². The summed E-state index contributed by atoms with van der Waals surface area (Å²) < 4.78 is 20.6. The molecule has 0 radical (unpaired) electrons. The molecule has 1 amide bonds. The van der Waals surface area contributed by atoms with Crippen molar-refractivity contribution >= 4 is 29.0 Å². The lowest BCUT2D eigenvalue weighted by Gasteiger charge is -2.24. The number of aromatic amines is 1. The molecule has 0 fully saturated rings. The Morgan fingerprint density at radius 2 is 1.94 bits per heavy atom. The summed E-state index contributed by atoms with van der Waals surface area (Å²) in [6.07, 6.45) is 0. The zero-order valence-electron chi connectivity index (χ0n) is 16.6. The Kier molecular flexibility index (Phi) is 6.88. The summed E-state index contributed by atoms with van der Waals surface area (Å²) in [5.74, 6) is -1.91. The van der Waals surface area contributed by atoms with E-state index >= 15 is 0 Å². The monoisotopic (exact) mass is 446 g/mol. The molecule has 0 spiro atoms. The summed E-state index contributed by atoms with van der Waals surface area (Å²) in [5.41, 5.74) is 4.76. The predicted octanol–water partition coefficient (Wildman–Crippen LogP) is 2.25. The smallest absolute Gasteiger partial charge is 0.330 e. The van der Waals surface area contributed by atoms with Gasteiger partial charge in [0.15, 0.2) is 5.69 Å². The number of hydrogen-bond donors (Lipinski definition) is 2. The number of rotatable bonds is 7. The summed E-state index contributed by atoms with van der Waals surface area (Å²) in [5, 5.41) is 0.117. The van der Waals surface area contributed by atoms with E-state index in [2.05, 4.69) is 4.98 Å². The summed E-state index contributed by atoms with van der Waals surface area (Å²) >= 11 is 5.77. The zero-order valence-corrected chi connectivity index (χ0v) is 17.4. The van der Waals surface area contributed by atoms with Crippen LogP contribution >= 0.6 is 11.6 Å². The van der Waals surface area contributed by atoms with Crippen LogP contribution < -0.4 is 21.9 Å². The minimum absolute atomic E-state index is 0.0393. The van der Waals surface area contributed by atoms with Gasteiger partial charge in [-0.1, -0.05) is 41.9 Å². The molecule has 0 saturated heterocycles. The van der Waals surface area contributed by atoms with Gasteiger partial charge in [0.05, 0.1) is 18.7 Å².